The Hall–Kier alpha value is -1.39. The van der Waals surface area contributed by atoms with E-state index in [-0.39, 0.29) is 11.7 Å². The van der Waals surface area contributed by atoms with Crippen molar-refractivity contribution in [2.24, 2.45) is 0 Å². The van der Waals surface area contributed by atoms with Gasteiger partial charge in [0.1, 0.15) is 0 Å². The first-order valence-corrected chi connectivity index (χ1v) is 4.25. The molecule has 0 saturated heterocycles. The smallest absolute Gasteiger partial charge is 0.358 e. The second kappa shape index (κ2) is 3.55. The van der Waals surface area contributed by atoms with Crippen LogP contribution in [0.15, 0.2) is 0 Å². The maximum atomic E-state index is 10.7. The van der Waals surface area contributed by atoms with Crippen molar-refractivity contribution in [2.45, 2.75) is 33.2 Å². The summed E-state index contributed by atoms with van der Waals surface area (Å²) in [6.45, 7) is 5.68. The van der Waals surface area contributed by atoms with E-state index in [2.05, 4.69) is 10.2 Å². The minimum absolute atomic E-state index is 0.0659. The standard InChI is InChI=1S/C8H13N3O2/c1-4-6-7(8(12)13)10-11(9-6)5(2)3/h5H,4H2,1-3H3,(H,12,13). The molecule has 0 radical (unpaired) electrons. The van der Waals surface area contributed by atoms with Crippen molar-refractivity contribution in [2.75, 3.05) is 0 Å². The summed E-state index contributed by atoms with van der Waals surface area (Å²) < 4.78 is 0. The predicted octanol–water partition coefficient (Wildman–Crippen LogP) is 1.12. The van der Waals surface area contributed by atoms with Gasteiger partial charge in [0.05, 0.1) is 11.7 Å². The lowest BCUT2D eigenvalue weighted by Crippen LogP contribution is -2.06. The van der Waals surface area contributed by atoms with E-state index < -0.39 is 5.97 Å². The molecule has 0 aliphatic rings. The van der Waals surface area contributed by atoms with Crippen LogP contribution in [-0.2, 0) is 6.42 Å². The van der Waals surface area contributed by atoms with Crippen LogP contribution in [0, 0.1) is 0 Å². The summed E-state index contributed by atoms with van der Waals surface area (Å²) in [5.74, 6) is -1.01. The third-order valence-corrected chi connectivity index (χ3v) is 1.70. The number of nitrogens with zero attached hydrogens (tertiary/aromatic N) is 3. The molecule has 0 unspecified atom stereocenters. The molecular weight excluding hydrogens is 170 g/mol. The second-order valence-electron chi connectivity index (χ2n) is 3.07. The minimum Gasteiger partial charge on any atom is -0.476 e. The summed E-state index contributed by atoms with van der Waals surface area (Å²) in [5, 5.41) is 16.7. The molecule has 0 atom stereocenters. The van der Waals surface area contributed by atoms with Crippen molar-refractivity contribution in [1.29, 1.82) is 0 Å². The van der Waals surface area contributed by atoms with Gasteiger partial charge >= 0.3 is 5.97 Å². The van der Waals surface area contributed by atoms with Gasteiger partial charge in [-0.1, -0.05) is 6.92 Å². The molecule has 0 amide bonds. The predicted molar refractivity (Wildman–Crippen MR) is 46.7 cm³/mol. The van der Waals surface area contributed by atoms with Crippen LogP contribution >= 0.6 is 0 Å². The van der Waals surface area contributed by atoms with Gasteiger partial charge in [-0.2, -0.15) is 9.90 Å². The highest BCUT2D eigenvalue weighted by atomic mass is 16.4. The molecule has 1 aromatic heterocycles. The van der Waals surface area contributed by atoms with E-state index in [9.17, 15) is 4.79 Å². The summed E-state index contributed by atoms with van der Waals surface area (Å²) in [6, 6.07) is 0.0957. The van der Waals surface area contributed by atoms with E-state index in [4.69, 9.17) is 5.11 Å². The van der Waals surface area contributed by atoms with Gasteiger partial charge in [0, 0.05) is 0 Å². The van der Waals surface area contributed by atoms with Gasteiger partial charge in [0.25, 0.3) is 0 Å². The highest BCUT2D eigenvalue weighted by Crippen LogP contribution is 2.07. The maximum Gasteiger partial charge on any atom is 0.358 e. The van der Waals surface area contributed by atoms with Gasteiger partial charge in [-0.05, 0) is 20.3 Å². The van der Waals surface area contributed by atoms with Crippen LogP contribution in [0.1, 0.15) is 43.0 Å². The van der Waals surface area contributed by atoms with E-state index in [0.29, 0.717) is 12.1 Å². The fourth-order valence-corrected chi connectivity index (χ4v) is 0.989. The molecule has 1 N–H and O–H groups in total. The van der Waals surface area contributed by atoms with Crippen LogP contribution in [0.2, 0.25) is 0 Å². The van der Waals surface area contributed by atoms with E-state index in [1.54, 1.807) is 0 Å². The molecule has 1 aromatic rings. The average Bonchev–Trinajstić information content (AvgIpc) is 2.47. The van der Waals surface area contributed by atoms with Crippen LogP contribution < -0.4 is 0 Å². The van der Waals surface area contributed by atoms with Gasteiger partial charge < -0.3 is 5.11 Å². The number of aromatic carboxylic acids is 1. The molecule has 0 aromatic carbocycles. The Morgan fingerprint density at radius 3 is 2.46 bits per heavy atom. The third kappa shape index (κ3) is 1.85. The Balaban J connectivity index is 3.11. The van der Waals surface area contributed by atoms with Gasteiger partial charge in [-0.15, -0.1) is 5.10 Å². The number of hydrogen-bond acceptors (Lipinski definition) is 3. The molecule has 72 valence electrons. The number of aromatic nitrogens is 3. The Morgan fingerprint density at radius 2 is 2.15 bits per heavy atom. The molecule has 0 saturated carbocycles. The average molecular weight is 183 g/mol. The molecule has 1 rings (SSSR count). The first-order chi connectivity index (χ1) is 6.06. The Kier molecular flexibility index (Phi) is 2.65. The van der Waals surface area contributed by atoms with E-state index in [0.717, 1.165) is 0 Å². The highest BCUT2D eigenvalue weighted by Gasteiger charge is 2.16. The fraction of sp³-hybridized carbons (Fsp3) is 0.625. The second-order valence-corrected chi connectivity index (χ2v) is 3.07. The Labute approximate surface area is 76.4 Å². The maximum absolute atomic E-state index is 10.7. The first-order valence-electron chi connectivity index (χ1n) is 4.25. The molecule has 5 nitrogen and oxygen atoms in total. The van der Waals surface area contributed by atoms with Crippen molar-refractivity contribution in [1.82, 2.24) is 15.0 Å². The highest BCUT2D eigenvalue weighted by molar-refractivity contribution is 5.86. The lowest BCUT2D eigenvalue weighted by Gasteiger charge is -2.00. The SMILES string of the molecule is CCc1nn(C(C)C)nc1C(=O)O. The van der Waals surface area contributed by atoms with Gasteiger partial charge in [0.15, 0.2) is 5.69 Å². The zero-order chi connectivity index (χ0) is 10.0. The van der Waals surface area contributed by atoms with Crippen molar-refractivity contribution < 1.29 is 9.90 Å². The largest absolute Gasteiger partial charge is 0.476 e. The quantitative estimate of drug-likeness (QED) is 0.762. The minimum atomic E-state index is -1.01. The number of hydrogen-bond donors (Lipinski definition) is 1. The molecule has 13 heavy (non-hydrogen) atoms. The molecule has 0 spiro atoms. The zero-order valence-electron chi connectivity index (χ0n) is 7.98. The Bertz CT molecular complexity index is 317. The molecule has 0 aliphatic carbocycles. The normalized spacial score (nSPS) is 10.8. The van der Waals surface area contributed by atoms with Crippen LogP contribution in [0.5, 0.6) is 0 Å². The summed E-state index contributed by atoms with van der Waals surface area (Å²) in [7, 11) is 0. The Morgan fingerprint density at radius 1 is 1.54 bits per heavy atom. The summed E-state index contributed by atoms with van der Waals surface area (Å²) in [6.07, 6.45) is 0.592. The molecule has 0 aliphatic heterocycles. The molecule has 0 fully saturated rings. The van der Waals surface area contributed by atoms with E-state index >= 15 is 0 Å². The summed E-state index contributed by atoms with van der Waals surface area (Å²) >= 11 is 0. The van der Waals surface area contributed by atoms with Gasteiger partial charge in [-0.3, -0.25) is 0 Å². The van der Waals surface area contributed by atoms with Crippen LogP contribution in [0.3, 0.4) is 0 Å². The monoisotopic (exact) mass is 183 g/mol. The molecule has 0 bridgehead atoms. The van der Waals surface area contributed by atoms with Gasteiger partial charge in [0.2, 0.25) is 0 Å². The van der Waals surface area contributed by atoms with E-state index in [1.807, 2.05) is 20.8 Å². The first kappa shape index (κ1) is 9.70. The number of carboxylic acid groups (broad SMARTS) is 1. The van der Waals surface area contributed by atoms with Crippen molar-refractivity contribution in [3.05, 3.63) is 11.4 Å². The molecule has 1 heterocycles. The lowest BCUT2D eigenvalue weighted by atomic mass is 10.3. The van der Waals surface area contributed by atoms with Crippen LogP contribution in [-0.4, -0.2) is 26.1 Å². The van der Waals surface area contributed by atoms with Crippen molar-refractivity contribution in [3.8, 4) is 0 Å². The van der Waals surface area contributed by atoms with Crippen LogP contribution in [0.25, 0.3) is 0 Å². The van der Waals surface area contributed by atoms with E-state index in [1.165, 1.54) is 4.80 Å². The summed E-state index contributed by atoms with van der Waals surface area (Å²) in [4.78, 5) is 12.1. The third-order valence-electron chi connectivity index (χ3n) is 1.70. The van der Waals surface area contributed by atoms with Crippen molar-refractivity contribution in [3.63, 3.8) is 0 Å². The fourth-order valence-electron chi connectivity index (χ4n) is 0.989. The number of aryl methyl sites for hydroxylation is 1. The zero-order valence-corrected chi connectivity index (χ0v) is 7.98. The molecular formula is C8H13N3O2. The number of rotatable bonds is 3. The lowest BCUT2D eigenvalue weighted by molar-refractivity contribution is 0.0688. The van der Waals surface area contributed by atoms with Gasteiger partial charge in [-0.25, -0.2) is 4.79 Å². The number of carbonyl (C=O) groups is 1. The summed E-state index contributed by atoms with van der Waals surface area (Å²) in [5.41, 5.74) is 0.609. The van der Waals surface area contributed by atoms with Crippen molar-refractivity contribution >= 4 is 5.97 Å². The topological polar surface area (TPSA) is 68.0 Å². The van der Waals surface area contributed by atoms with Crippen LogP contribution in [0.4, 0.5) is 0 Å². The number of carboxylic acids is 1. The molecule has 5 heteroatoms.